The van der Waals surface area contributed by atoms with Crippen molar-refractivity contribution >= 4 is 5.69 Å². The van der Waals surface area contributed by atoms with Crippen LogP contribution in [0, 0.1) is 0 Å². The lowest BCUT2D eigenvalue weighted by molar-refractivity contribution is 0.141. The average molecular weight is 245 g/mol. The molecule has 1 fully saturated rings. The second kappa shape index (κ2) is 4.56. The zero-order valence-electron chi connectivity index (χ0n) is 11.6. The van der Waals surface area contributed by atoms with Gasteiger partial charge < -0.3 is 10.2 Å². The maximum Gasteiger partial charge on any atom is 0.0473 e. The summed E-state index contributed by atoms with van der Waals surface area (Å²) in [5.74, 6) is 0. The van der Waals surface area contributed by atoms with E-state index in [-0.39, 0.29) is 0 Å². The van der Waals surface area contributed by atoms with Crippen molar-refractivity contribution in [3.63, 3.8) is 0 Å². The predicted molar refractivity (Wildman–Crippen MR) is 76.3 cm³/mol. The van der Waals surface area contributed by atoms with Gasteiger partial charge in [0.2, 0.25) is 0 Å². The molecule has 1 saturated heterocycles. The van der Waals surface area contributed by atoms with Gasteiger partial charge in [-0.05, 0) is 37.6 Å². The molecular formula is C15H23N3. The largest absolute Gasteiger partial charge is 0.374 e. The molecule has 3 rings (SSSR count). The molecule has 0 saturated carbocycles. The first-order valence-electron chi connectivity index (χ1n) is 6.93. The summed E-state index contributed by atoms with van der Waals surface area (Å²) in [5, 5.41) is 3.54. The third-order valence-corrected chi connectivity index (χ3v) is 4.58. The molecule has 2 heterocycles. The summed E-state index contributed by atoms with van der Waals surface area (Å²) in [4.78, 5) is 4.85. The van der Waals surface area contributed by atoms with E-state index in [2.05, 4.69) is 54.3 Å². The molecule has 0 aliphatic carbocycles. The highest BCUT2D eigenvalue weighted by Gasteiger charge is 2.26. The molecule has 18 heavy (non-hydrogen) atoms. The molecule has 0 radical (unpaired) electrons. The van der Waals surface area contributed by atoms with Gasteiger partial charge in [-0.15, -0.1) is 0 Å². The number of rotatable bonds is 1. The molecule has 0 aromatic heterocycles. The Kier molecular flexibility index (Phi) is 3.04. The summed E-state index contributed by atoms with van der Waals surface area (Å²) >= 11 is 0. The first kappa shape index (κ1) is 12.0. The first-order valence-corrected chi connectivity index (χ1v) is 6.93. The Labute approximate surface area is 110 Å². The Morgan fingerprint density at radius 1 is 1.22 bits per heavy atom. The van der Waals surface area contributed by atoms with Gasteiger partial charge in [-0.2, -0.15) is 0 Å². The van der Waals surface area contributed by atoms with E-state index in [9.17, 15) is 0 Å². The van der Waals surface area contributed by atoms with Gasteiger partial charge >= 0.3 is 0 Å². The number of anilines is 1. The van der Waals surface area contributed by atoms with E-state index in [1.807, 2.05) is 0 Å². The number of likely N-dealkylation sites (N-methyl/N-ethyl adjacent to an activating group) is 2. The normalized spacial score (nSPS) is 28.5. The van der Waals surface area contributed by atoms with E-state index in [4.69, 9.17) is 0 Å². The maximum absolute atomic E-state index is 3.54. The van der Waals surface area contributed by atoms with E-state index < -0.39 is 0 Å². The third-order valence-electron chi connectivity index (χ3n) is 4.58. The molecule has 0 spiro atoms. The standard InChI is InChI=1S/C15H23N3/c1-11-9-16-10-15(18(11)3)12-4-5-14-13(8-12)6-7-17(14)2/h4-5,8,11,15-16H,6-7,9-10H2,1-3H3/t11-,15?/m0/s1. The van der Waals surface area contributed by atoms with Crippen LogP contribution in [0.15, 0.2) is 18.2 Å². The zero-order valence-corrected chi connectivity index (χ0v) is 11.6. The Balaban J connectivity index is 1.89. The van der Waals surface area contributed by atoms with E-state index in [1.54, 1.807) is 0 Å². The number of hydrogen-bond donors (Lipinski definition) is 1. The molecule has 2 aliphatic heterocycles. The van der Waals surface area contributed by atoms with Crippen LogP contribution in [0.1, 0.15) is 24.1 Å². The number of nitrogens with one attached hydrogen (secondary N) is 1. The van der Waals surface area contributed by atoms with E-state index in [1.165, 1.54) is 23.2 Å². The van der Waals surface area contributed by atoms with Crippen LogP contribution < -0.4 is 10.2 Å². The topological polar surface area (TPSA) is 18.5 Å². The smallest absolute Gasteiger partial charge is 0.0473 e. The van der Waals surface area contributed by atoms with Crippen molar-refractivity contribution in [2.24, 2.45) is 0 Å². The van der Waals surface area contributed by atoms with Gasteiger partial charge in [0.1, 0.15) is 0 Å². The maximum atomic E-state index is 3.54. The molecular weight excluding hydrogens is 222 g/mol. The minimum Gasteiger partial charge on any atom is -0.374 e. The van der Waals surface area contributed by atoms with Crippen LogP contribution in [0.2, 0.25) is 0 Å². The third kappa shape index (κ3) is 1.91. The van der Waals surface area contributed by atoms with Gasteiger partial charge in [-0.25, -0.2) is 0 Å². The van der Waals surface area contributed by atoms with Crippen LogP contribution in [0.4, 0.5) is 5.69 Å². The van der Waals surface area contributed by atoms with Crippen LogP contribution >= 0.6 is 0 Å². The van der Waals surface area contributed by atoms with Crippen LogP contribution in [-0.2, 0) is 6.42 Å². The fraction of sp³-hybridized carbons (Fsp3) is 0.600. The quantitative estimate of drug-likeness (QED) is 0.811. The summed E-state index contributed by atoms with van der Waals surface area (Å²) in [7, 11) is 4.43. The van der Waals surface area contributed by atoms with Crippen molar-refractivity contribution < 1.29 is 0 Å². The number of nitrogens with zero attached hydrogens (tertiary/aromatic N) is 2. The molecule has 98 valence electrons. The highest BCUT2D eigenvalue weighted by Crippen LogP contribution is 2.31. The molecule has 1 unspecified atom stereocenters. The first-order chi connectivity index (χ1) is 8.66. The molecule has 3 heteroatoms. The summed E-state index contributed by atoms with van der Waals surface area (Å²) in [6, 6.07) is 8.15. The monoisotopic (exact) mass is 245 g/mol. The molecule has 1 N–H and O–H groups in total. The lowest BCUT2D eigenvalue weighted by atomic mass is 9.98. The fourth-order valence-corrected chi connectivity index (χ4v) is 3.17. The van der Waals surface area contributed by atoms with Crippen molar-refractivity contribution in [1.82, 2.24) is 10.2 Å². The minimum absolute atomic E-state index is 0.518. The average Bonchev–Trinajstić information content (AvgIpc) is 2.74. The van der Waals surface area contributed by atoms with Gasteiger partial charge in [0, 0.05) is 44.5 Å². The van der Waals surface area contributed by atoms with Gasteiger partial charge in [0.15, 0.2) is 0 Å². The Hall–Kier alpha value is -1.06. The van der Waals surface area contributed by atoms with Crippen molar-refractivity contribution in [3.05, 3.63) is 29.3 Å². The summed E-state index contributed by atoms with van der Waals surface area (Å²) in [6.07, 6.45) is 1.19. The minimum atomic E-state index is 0.518. The van der Waals surface area contributed by atoms with Crippen LogP contribution in [0.3, 0.4) is 0 Å². The van der Waals surface area contributed by atoms with Gasteiger partial charge in [0.25, 0.3) is 0 Å². The second-order valence-electron chi connectivity index (χ2n) is 5.75. The fourth-order valence-electron chi connectivity index (χ4n) is 3.17. The van der Waals surface area contributed by atoms with Crippen molar-refractivity contribution in [2.75, 3.05) is 38.6 Å². The number of benzene rings is 1. The lowest BCUT2D eigenvalue weighted by Crippen LogP contribution is -2.49. The van der Waals surface area contributed by atoms with E-state index in [0.717, 1.165) is 19.6 Å². The van der Waals surface area contributed by atoms with E-state index >= 15 is 0 Å². The summed E-state index contributed by atoms with van der Waals surface area (Å²) in [5.41, 5.74) is 4.39. The van der Waals surface area contributed by atoms with E-state index in [0.29, 0.717) is 12.1 Å². The molecule has 0 amide bonds. The molecule has 3 nitrogen and oxygen atoms in total. The number of fused-ring (bicyclic) bond motifs is 1. The van der Waals surface area contributed by atoms with Crippen molar-refractivity contribution in [2.45, 2.75) is 25.4 Å². The highest BCUT2D eigenvalue weighted by molar-refractivity contribution is 5.58. The van der Waals surface area contributed by atoms with Crippen molar-refractivity contribution in [1.29, 1.82) is 0 Å². The molecule has 1 aromatic carbocycles. The molecule has 0 bridgehead atoms. The molecule has 1 aromatic rings. The van der Waals surface area contributed by atoms with Gasteiger partial charge in [-0.3, -0.25) is 4.90 Å². The summed E-state index contributed by atoms with van der Waals surface area (Å²) < 4.78 is 0. The van der Waals surface area contributed by atoms with Gasteiger partial charge in [-0.1, -0.05) is 12.1 Å². The van der Waals surface area contributed by atoms with Crippen LogP contribution in [0.25, 0.3) is 0 Å². The second-order valence-corrected chi connectivity index (χ2v) is 5.75. The zero-order chi connectivity index (χ0) is 12.7. The number of piperazine rings is 1. The Morgan fingerprint density at radius 2 is 2.06 bits per heavy atom. The number of hydrogen-bond acceptors (Lipinski definition) is 3. The SMILES string of the molecule is C[C@H]1CNCC(c2ccc3c(c2)CCN3C)N1C. The lowest BCUT2D eigenvalue weighted by Gasteiger charge is -2.38. The summed E-state index contributed by atoms with van der Waals surface area (Å²) in [6.45, 7) is 5.62. The Bertz CT molecular complexity index is 443. The molecule has 2 aliphatic rings. The van der Waals surface area contributed by atoms with Crippen molar-refractivity contribution in [3.8, 4) is 0 Å². The van der Waals surface area contributed by atoms with Crippen LogP contribution in [-0.4, -0.2) is 44.7 Å². The molecule has 2 atom stereocenters. The highest BCUT2D eigenvalue weighted by atomic mass is 15.2. The predicted octanol–water partition coefficient (Wildman–Crippen LogP) is 1.64. The Morgan fingerprint density at radius 3 is 2.89 bits per heavy atom. The van der Waals surface area contributed by atoms with Gasteiger partial charge in [0.05, 0.1) is 0 Å². The van der Waals surface area contributed by atoms with Crippen LogP contribution in [0.5, 0.6) is 0 Å².